The van der Waals surface area contributed by atoms with E-state index in [4.69, 9.17) is 11.6 Å². The van der Waals surface area contributed by atoms with Gasteiger partial charge in [0.15, 0.2) is 0 Å². The Morgan fingerprint density at radius 3 is 2.56 bits per heavy atom. The molecule has 1 amide bonds. The second-order valence-electron chi connectivity index (χ2n) is 8.12. The number of likely N-dealkylation sites (tertiary alicyclic amines) is 1. The number of hydrogen-bond donors (Lipinski definition) is 0. The molecule has 0 atom stereocenters. The lowest BCUT2D eigenvalue weighted by atomic mass is 10.1. The Kier molecular flexibility index (Phi) is 5.48. The van der Waals surface area contributed by atoms with Gasteiger partial charge in [0.2, 0.25) is 15.9 Å². The molecule has 2 aromatic carbocycles. The van der Waals surface area contributed by atoms with E-state index in [1.165, 1.54) is 4.31 Å². The SMILES string of the molecule is O=C1CCCN1Cc1cn(C2CN(S(=O)(=O)c3cccc(-c4ccc(Cl)cc4)c3)C2)nn1. The zero-order chi connectivity index (χ0) is 22.3. The average Bonchev–Trinajstić information content (AvgIpc) is 3.37. The maximum absolute atomic E-state index is 13.1. The quantitative estimate of drug-likeness (QED) is 0.551. The minimum atomic E-state index is -3.61. The molecule has 8 nitrogen and oxygen atoms in total. The first-order valence-electron chi connectivity index (χ1n) is 10.4. The molecule has 1 aromatic heterocycles. The summed E-state index contributed by atoms with van der Waals surface area (Å²) >= 11 is 5.95. The standard InChI is InChI=1S/C22H22ClN5O3S/c23-18-8-6-16(7-9-18)17-3-1-4-21(11-17)32(30,31)27-14-20(15-27)28-13-19(24-25-28)12-26-10-2-5-22(26)29/h1,3-4,6-9,11,13,20H,2,5,10,12,14-15H2. The second-order valence-corrected chi connectivity index (χ2v) is 10.5. The molecule has 0 bridgehead atoms. The highest BCUT2D eigenvalue weighted by molar-refractivity contribution is 7.89. The number of aromatic nitrogens is 3. The summed E-state index contributed by atoms with van der Waals surface area (Å²) < 4.78 is 29.4. The average molecular weight is 472 g/mol. The molecule has 0 N–H and O–H groups in total. The molecule has 0 aliphatic carbocycles. The van der Waals surface area contributed by atoms with Crippen LogP contribution in [0.4, 0.5) is 0 Å². The van der Waals surface area contributed by atoms with Gasteiger partial charge >= 0.3 is 0 Å². The lowest BCUT2D eigenvalue weighted by Crippen LogP contribution is -2.50. The number of carbonyl (C=O) groups excluding carboxylic acids is 1. The highest BCUT2D eigenvalue weighted by Gasteiger charge is 2.38. The van der Waals surface area contributed by atoms with Crippen LogP contribution in [0.2, 0.25) is 5.02 Å². The summed E-state index contributed by atoms with van der Waals surface area (Å²) in [5.41, 5.74) is 2.44. The van der Waals surface area contributed by atoms with E-state index >= 15 is 0 Å². The number of carbonyl (C=O) groups is 1. The third-order valence-corrected chi connectivity index (χ3v) is 8.01. The van der Waals surface area contributed by atoms with Crippen molar-refractivity contribution in [3.8, 4) is 11.1 Å². The molecule has 0 radical (unpaired) electrons. The van der Waals surface area contributed by atoms with Crippen molar-refractivity contribution in [1.82, 2.24) is 24.2 Å². The Morgan fingerprint density at radius 2 is 1.84 bits per heavy atom. The van der Waals surface area contributed by atoms with Gasteiger partial charge in [0, 0.05) is 31.1 Å². The molecule has 0 saturated carbocycles. The van der Waals surface area contributed by atoms with Crippen LogP contribution < -0.4 is 0 Å². The largest absolute Gasteiger partial charge is 0.337 e. The molecule has 3 heterocycles. The number of amides is 1. The molecule has 2 fully saturated rings. The van der Waals surface area contributed by atoms with Crippen LogP contribution in [0.3, 0.4) is 0 Å². The topological polar surface area (TPSA) is 88.4 Å². The molecule has 2 aliphatic heterocycles. The number of rotatable bonds is 6. The van der Waals surface area contributed by atoms with Crippen LogP contribution in [0.25, 0.3) is 11.1 Å². The summed E-state index contributed by atoms with van der Waals surface area (Å²) in [6.45, 7) is 1.86. The summed E-state index contributed by atoms with van der Waals surface area (Å²) in [6, 6.07) is 14.2. The summed E-state index contributed by atoms with van der Waals surface area (Å²) in [5, 5.41) is 8.94. The van der Waals surface area contributed by atoms with E-state index in [9.17, 15) is 13.2 Å². The van der Waals surface area contributed by atoms with Crippen LogP contribution in [0.1, 0.15) is 24.6 Å². The Morgan fingerprint density at radius 1 is 1.06 bits per heavy atom. The zero-order valence-corrected chi connectivity index (χ0v) is 18.8. The molecular weight excluding hydrogens is 450 g/mol. The third kappa shape index (κ3) is 4.03. The van der Waals surface area contributed by atoms with Crippen LogP contribution >= 0.6 is 11.6 Å². The van der Waals surface area contributed by atoms with Gasteiger partial charge in [0.1, 0.15) is 5.69 Å². The highest BCUT2D eigenvalue weighted by atomic mass is 35.5. The fourth-order valence-electron chi connectivity index (χ4n) is 4.04. The maximum Gasteiger partial charge on any atom is 0.243 e. The minimum Gasteiger partial charge on any atom is -0.337 e. The molecule has 5 rings (SSSR count). The van der Waals surface area contributed by atoms with Gasteiger partial charge in [-0.25, -0.2) is 13.1 Å². The maximum atomic E-state index is 13.1. The van der Waals surface area contributed by atoms with Crippen molar-refractivity contribution in [1.29, 1.82) is 0 Å². The minimum absolute atomic E-state index is 0.0697. The van der Waals surface area contributed by atoms with E-state index < -0.39 is 10.0 Å². The molecule has 0 unspecified atom stereocenters. The predicted octanol–water partition coefficient (Wildman–Crippen LogP) is 2.97. The third-order valence-electron chi connectivity index (χ3n) is 5.93. The summed E-state index contributed by atoms with van der Waals surface area (Å²) in [7, 11) is -3.61. The van der Waals surface area contributed by atoms with Gasteiger partial charge in [-0.3, -0.25) is 4.79 Å². The fourth-order valence-corrected chi connectivity index (χ4v) is 5.73. The van der Waals surface area contributed by atoms with Crippen molar-refractivity contribution >= 4 is 27.5 Å². The molecule has 0 spiro atoms. The van der Waals surface area contributed by atoms with Crippen molar-refractivity contribution in [3.63, 3.8) is 0 Å². The van der Waals surface area contributed by atoms with E-state index in [0.29, 0.717) is 31.1 Å². The first-order chi connectivity index (χ1) is 15.4. The molecule has 10 heteroatoms. The number of halogens is 1. The second kappa shape index (κ2) is 8.31. The van der Waals surface area contributed by atoms with Crippen LogP contribution in [-0.4, -0.2) is 58.2 Å². The first kappa shape index (κ1) is 21.1. The molecule has 2 saturated heterocycles. The number of hydrogen-bond acceptors (Lipinski definition) is 5. The Hall–Kier alpha value is -2.75. The van der Waals surface area contributed by atoms with Crippen molar-refractivity contribution in [2.45, 2.75) is 30.3 Å². The summed E-state index contributed by atoms with van der Waals surface area (Å²) in [5.74, 6) is 0.140. The summed E-state index contributed by atoms with van der Waals surface area (Å²) in [6.07, 6.45) is 3.27. The molecule has 166 valence electrons. The van der Waals surface area contributed by atoms with E-state index in [-0.39, 0.29) is 16.8 Å². The normalized spacial score (nSPS) is 17.7. The lowest BCUT2D eigenvalue weighted by Gasteiger charge is -2.37. The number of benzene rings is 2. The van der Waals surface area contributed by atoms with Crippen LogP contribution in [0.5, 0.6) is 0 Å². The van der Waals surface area contributed by atoms with E-state index in [2.05, 4.69) is 10.3 Å². The smallest absolute Gasteiger partial charge is 0.243 e. The van der Waals surface area contributed by atoms with Crippen molar-refractivity contribution in [2.75, 3.05) is 19.6 Å². The van der Waals surface area contributed by atoms with Crippen LogP contribution in [-0.2, 0) is 21.4 Å². The zero-order valence-electron chi connectivity index (χ0n) is 17.3. The molecule has 3 aromatic rings. The van der Waals surface area contributed by atoms with Crippen LogP contribution in [0, 0.1) is 0 Å². The van der Waals surface area contributed by atoms with Gasteiger partial charge in [-0.15, -0.1) is 5.10 Å². The summed E-state index contributed by atoms with van der Waals surface area (Å²) in [4.78, 5) is 13.8. The Bertz CT molecular complexity index is 1250. The van der Waals surface area contributed by atoms with Gasteiger partial charge in [-0.05, 0) is 41.8 Å². The first-order valence-corrected chi connectivity index (χ1v) is 12.3. The Balaban J connectivity index is 1.26. The van der Waals surface area contributed by atoms with Crippen LogP contribution in [0.15, 0.2) is 59.6 Å². The number of sulfonamides is 1. The van der Waals surface area contributed by atoms with Crippen molar-refractivity contribution in [3.05, 3.63) is 65.4 Å². The fraction of sp³-hybridized carbons (Fsp3) is 0.318. The predicted molar refractivity (Wildman–Crippen MR) is 119 cm³/mol. The van der Waals surface area contributed by atoms with Gasteiger partial charge in [0.05, 0.1) is 23.7 Å². The monoisotopic (exact) mass is 471 g/mol. The van der Waals surface area contributed by atoms with E-state index in [1.54, 1.807) is 46.1 Å². The van der Waals surface area contributed by atoms with E-state index in [1.807, 2.05) is 18.2 Å². The number of nitrogens with zero attached hydrogens (tertiary/aromatic N) is 5. The van der Waals surface area contributed by atoms with Crippen molar-refractivity contribution < 1.29 is 13.2 Å². The lowest BCUT2D eigenvalue weighted by molar-refractivity contribution is -0.128. The molecule has 32 heavy (non-hydrogen) atoms. The Labute approximate surface area is 191 Å². The highest BCUT2D eigenvalue weighted by Crippen LogP contribution is 2.30. The van der Waals surface area contributed by atoms with Gasteiger partial charge in [0.25, 0.3) is 0 Å². The molecule has 2 aliphatic rings. The van der Waals surface area contributed by atoms with Gasteiger partial charge in [-0.1, -0.05) is 41.1 Å². The van der Waals surface area contributed by atoms with Gasteiger partial charge < -0.3 is 4.90 Å². The van der Waals surface area contributed by atoms with Crippen molar-refractivity contribution in [2.24, 2.45) is 0 Å². The molecular formula is C22H22ClN5O3S. The van der Waals surface area contributed by atoms with Gasteiger partial charge in [-0.2, -0.15) is 4.31 Å². The van der Waals surface area contributed by atoms with E-state index in [0.717, 1.165) is 29.8 Å².